The second-order valence-corrected chi connectivity index (χ2v) is 3.82. The van der Waals surface area contributed by atoms with Gasteiger partial charge in [0.1, 0.15) is 0 Å². The van der Waals surface area contributed by atoms with Crippen LogP contribution in [0.2, 0.25) is 0 Å². The molecule has 0 aliphatic heterocycles. The van der Waals surface area contributed by atoms with E-state index >= 15 is 0 Å². The molecular weight excluding hydrogens is 168 g/mol. The van der Waals surface area contributed by atoms with Crippen molar-refractivity contribution in [2.45, 2.75) is 19.4 Å². The van der Waals surface area contributed by atoms with Crippen LogP contribution >= 0.6 is 0 Å². The number of hydrogen-bond donors (Lipinski definition) is 3. The highest BCUT2D eigenvalue weighted by molar-refractivity contribution is 7.87. The first-order valence-electron chi connectivity index (χ1n) is 3.38. The molecule has 6 heteroatoms. The smallest absolute Gasteiger partial charge is 0.276 e. The molecule has 68 valence electrons. The third-order valence-corrected chi connectivity index (χ3v) is 2.33. The van der Waals surface area contributed by atoms with Gasteiger partial charge in [0, 0.05) is 13.6 Å². The molecular formula is C5H14N2O3S. The van der Waals surface area contributed by atoms with Gasteiger partial charge in [0.25, 0.3) is 10.2 Å². The first kappa shape index (κ1) is 10.8. The van der Waals surface area contributed by atoms with E-state index in [0.717, 1.165) is 0 Å². The Morgan fingerprint density at radius 2 is 2.09 bits per heavy atom. The quantitative estimate of drug-likeness (QED) is 0.500. The molecule has 5 nitrogen and oxygen atoms in total. The summed E-state index contributed by atoms with van der Waals surface area (Å²) >= 11 is 0. The molecule has 0 fully saturated rings. The Morgan fingerprint density at radius 1 is 1.55 bits per heavy atom. The standard InChI is InChI=1S/C5H14N2O3S/c1-3-5(8)4-7-11(9,10)6-2/h5-8H,3-4H2,1-2H3. The lowest BCUT2D eigenvalue weighted by atomic mass is 10.3. The van der Waals surface area contributed by atoms with Gasteiger partial charge in [0.2, 0.25) is 0 Å². The van der Waals surface area contributed by atoms with Crippen molar-refractivity contribution in [1.29, 1.82) is 0 Å². The SMILES string of the molecule is CCC(O)CNS(=O)(=O)NC. The van der Waals surface area contributed by atoms with Gasteiger partial charge >= 0.3 is 0 Å². The minimum atomic E-state index is -3.38. The van der Waals surface area contributed by atoms with Crippen LogP contribution in [0.15, 0.2) is 0 Å². The highest BCUT2D eigenvalue weighted by Gasteiger charge is 2.07. The molecule has 0 spiro atoms. The lowest BCUT2D eigenvalue weighted by Gasteiger charge is -2.08. The van der Waals surface area contributed by atoms with Crippen molar-refractivity contribution in [3.63, 3.8) is 0 Å². The molecule has 0 aliphatic carbocycles. The number of nitrogens with one attached hydrogen (secondary N) is 2. The molecule has 0 aliphatic rings. The van der Waals surface area contributed by atoms with Crippen LogP contribution in [0.5, 0.6) is 0 Å². The Kier molecular flexibility index (Phi) is 4.58. The van der Waals surface area contributed by atoms with Crippen LogP contribution in [0, 0.1) is 0 Å². The molecule has 0 amide bonds. The minimum Gasteiger partial charge on any atom is -0.392 e. The van der Waals surface area contributed by atoms with E-state index in [-0.39, 0.29) is 6.54 Å². The second kappa shape index (κ2) is 4.66. The van der Waals surface area contributed by atoms with Crippen LogP contribution in [0.4, 0.5) is 0 Å². The van der Waals surface area contributed by atoms with Gasteiger partial charge in [-0.2, -0.15) is 13.1 Å². The van der Waals surface area contributed by atoms with E-state index in [2.05, 4.69) is 9.44 Å². The van der Waals surface area contributed by atoms with Crippen molar-refractivity contribution in [2.24, 2.45) is 0 Å². The van der Waals surface area contributed by atoms with Gasteiger partial charge in [-0.05, 0) is 6.42 Å². The van der Waals surface area contributed by atoms with Crippen LogP contribution in [0.1, 0.15) is 13.3 Å². The summed E-state index contributed by atoms with van der Waals surface area (Å²) < 4.78 is 25.6. The average Bonchev–Trinajstić information content (AvgIpc) is 2.00. The molecule has 0 aromatic rings. The fourth-order valence-corrected chi connectivity index (χ4v) is 0.979. The lowest BCUT2D eigenvalue weighted by molar-refractivity contribution is 0.174. The summed E-state index contributed by atoms with van der Waals surface area (Å²) in [5.74, 6) is 0. The van der Waals surface area contributed by atoms with E-state index in [0.29, 0.717) is 6.42 Å². The van der Waals surface area contributed by atoms with Crippen molar-refractivity contribution in [3.8, 4) is 0 Å². The molecule has 0 saturated carbocycles. The summed E-state index contributed by atoms with van der Waals surface area (Å²) in [6.45, 7) is 1.83. The van der Waals surface area contributed by atoms with Crippen LogP contribution in [-0.2, 0) is 10.2 Å². The average molecular weight is 182 g/mol. The molecule has 0 bridgehead atoms. The molecule has 0 heterocycles. The first-order valence-corrected chi connectivity index (χ1v) is 4.86. The van der Waals surface area contributed by atoms with Crippen LogP contribution in [0.25, 0.3) is 0 Å². The number of rotatable bonds is 5. The number of aliphatic hydroxyl groups excluding tert-OH is 1. The van der Waals surface area contributed by atoms with Crippen molar-refractivity contribution in [1.82, 2.24) is 9.44 Å². The summed E-state index contributed by atoms with van der Waals surface area (Å²) in [5.41, 5.74) is 0. The minimum absolute atomic E-state index is 0.0552. The van der Waals surface area contributed by atoms with Crippen molar-refractivity contribution in [3.05, 3.63) is 0 Å². The van der Waals surface area contributed by atoms with Crippen LogP contribution < -0.4 is 9.44 Å². The topological polar surface area (TPSA) is 78.4 Å². The molecule has 0 aromatic carbocycles. The maximum Gasteiger partial charge on any atom is 0.276 e. The molecule has 0 rings (SSSR count). The fraction of sp³-hybridized carbons (Fsp3) is 1.00. The molecule has 11 heavy (non-hydrogen) atoms. The van der Waals surface area contributed by atoms with E-state index in [4.69, 9.17) is 5.11 Å². The van der Waals surface area contributed by atoms with Crippen LogP contribution in [-0.4, -0.2) is 33.2 Å². The van der Waals surface area contributed by atoms with E-state index < -0.39 is 16.3 Å². The molecule has 0 radical (unpaired) electrons. The zero-order valence-electron chi connectivity index (χ0n) is 6.66. The largest absolute Gasteiger partial charge is 0.392 e. The summed E-state index contributed by atoms with van der Waals surface area (Å²) in [5, 5.41) is 8.96. The van der Waals surface area contributed by atoms with Crippen molar-refractivity contribution < 1.29 is 13.5 Å². The maximum absolute atomic E-state index is 10.7. The highest BCUT2D eigenvalue weighted by Crippen LogP contribution is 1.87. The third-order valence-electron chi connectivity index (χ3n) is 1.25. The van der Waals surface area contributed by atoms with E-state index in [1.807, 2.05) is 0 Å². The van der Waals surface area contributed by atoms with E-state index in [1.54, 1.807) is 6.92 Å². The van der Waals surface area contributed by atoms with Crippen molar-refractivity contribution in [2.75, 3.05) is 13.6 Å². The Morgan fingerprint density at radius 3 is 2.45 bits per heavy atom. The number of aliphatic hydroxyl groups is 1. The highest BCUT2D eigenvalue weighted by atomic mass is 32.2. The third kappa shape index (κ3) is 5.14. The predicted molar refractivity (Wildman–Crippen MR) is 42.3 cm³/mol. The van der Waals surface area contributed by atoms with Gasteiger partial charge in [-0.1, -0.05) is 6.92 Å². The summed E-state index contributed by atoms with van der Waals surface area (Å²) in [6.07, 6.45) is -0.0789. The van der Waals surface area contributed by atoms with Gasteiger partial charge in [-0.15, -0.1) is 0 Å². The van der Waals surface area contributed by atoms with E-state index in [9.17, 15) is 8.42 Å². The van der Waals surface area contributed by atoms with Gasteiger partial charge < -0.3 is 5.11 Å². The van der Waals surface area contributed by atoms with Crippen LogP contribution in [0.3, 0.4) is 0 Å². The lowest BCUT2D eigenvalue weighted by Crippen LogP contribution is -2.38. The Balaban J connectivity index is 3.71. The van der Waals surface area contributed by atoms with Crippen molar-refractivity contribution >= 4 is 10.2 Å². The Bertz CT molecular complexity index is 190. The zero-order valence-corrected chi connectivity index (χ0v) is 7.48. The van der Waals surface area contributed by atoms with E-state index in [1.165, 1.54) is 7.05 Å². The zero-order chi connectivity index (χ0) is 8.91. The normalized spacial score (nSPS) is 14.8. The van der Waals surface area contributed by atoms with Gasteiger partial charge in [0.05, 0.1) is 6.10 Å². The summed E-state index contributed by atoms with van der Waals surface area (Å²) in [7, 11) is -2.08. The molecule has 0 saturated heterocycles. The molecule has 0 aromatic heterocycles. The maximum atomic E-state index is 10.7. The Labute approximate surface area is 67.0 Å². The van der Waals surface area contributed by atoms with Gasteiger partial charge in [-0.25, -0.2) is 4.72 Å². The molecule has 1 atom stereocenters. The first-order chi connectivity index (χ1) is 5.02. The predicted octanol–water partition coefficient (Wildman–Crippen LogP) is -1.19. The number of hydrogen-bond acceptors (Lipinski definition) is 3. The summed E-state index contributed by atoms with van der Waals surface area (Å²) in [4.78, 5) is 0. The monoisotopic (exact) mass is 182 g/mol. The molecule has 1 unspecified atom stereocenters. The molecule has 3 N–H and O–H groups in total. The Hall–Kier alpha value is -0.170. The van der Waals surface area contributed by atoms with Gasteiger partial charge in [-0.3, -0.25) is 0 Å². The fourth-order valence-electron chi connectivity index (χ4n) is 0.422. The van der Waals surface area contributed by atoms with Gasteiger partial charge in [0.15, 0.2) is 0 Å². The summed E-state index contributed by atoms with van der Waals surface area (Å²) in [6, 6.07) is 0. The second-order valence-electron chi connectivity index (χ2n) is 2.12.